The van der Waals surface area contributed by atoms with Gasteiger partial charge in [-0.05, 0) is 57.5 Å². The summed E-state index contributed by atoms with van der Waals surface area (Å²) in [5.41, 5.74) is -1.07. The van der Waals surface area contributed by atoms with Crippen molar-refractivity contribution in [1.82, 2.24) is 10.6 Å². The van der Waals surface area contributed by atoms with E-state index < -0.39 is 11.5 Å². The summed E-state index contributed by atoms with van der Waals surface area (Å²) >= 11 is 0. The number of carboxylic acids is 1. The molecule has 0 bridgehead atoms. The molecule has 1 amide bonds. The average Bonchev–Trinajstić information content (AvgIpc) is 3.13. The maximum Gasteiger partial charge on any atom is 0.329 e. The molecule has 0 aromatic rings. The number of carboxylic acid groups (broad SMARTS) is 1. The van der Waals surface area contributed by atoms with Gasteiger partial charge in [0.15, 0.2) is 0 Å². The zero-order valence-corrected chi connectivity index (χ0v) is 10.9. The summed E-state index contributed by atoms with van der Waals surface area (Å²) < 4.78 is 0. The van der Waals surface area contributed by atoms with E-state index in [0.717, 1.165) is 38.8 Å². The number of aliphatic carboxylic acids is 1. The molecular formula is C13H22N2O3. The summed E-state index contributed by atoms with van der Waals surface area (Å²) in [6.07, 6.45) is 4.26. The highest BCUT2D eigenvalue weighted by molar-refractivity contribution is 5.87. The van der Waals surface area contributed by atoms with Gasteiger partial charge < -0.3 is 15.7 Å². The highest BCUT2D eigenvalue weighted by atomic mass is 16.4. The van der Waals surface area contributed by atoms with E-state index in [1.54, 1.807) is 6.92 Å². The van der Waals surface area contributed by atoms with Crippen molar-refractivity contribution in [3.8, 4) is 0 Å². The van der Waals surface area contributed by atoms with Gasteiger partial charge >= 0.3 is 5.97 Å². The second-order valence-corrected chi connectivity index (χ2v) is 5.73. The predicted molar refractivity (Wildman–Crippen MR) is 67.1 cm³/mol. The third-order valence-electron chi connectivity index (χ3n) is 4.17. The first kappa shape index (κ1) is 13.3. The molecule has 1 aliphatic carbocycles. The smallest absolute Gasteiger partial charge is 0.329 e. The number of nitrogens with one attached hydrogen (secondary N) is 2. The zero-order valence-electron chi connectivity index (χ0n) is 10.9. The van der Waals surface area contributed by atoms with Gasteiger partial charge in [0.25, 0.3) is 0 Å². The fourth-order valence-corrected chi connectivity index (χ4v) is 2.68. The average molecular weight is 254 g/mol. The topological polar surface area (TPSA) is 78.4 Å². The van der Waals surface area contributed by atoms with Crippen molar-refractivity contribution < 1.29 is 14.7 Å². The molecule has 1 atom stereocenters. The molecule has 3 N–H and O–H groups in total. The molecular weight excluding hydrogens is 232 g/mol. The van der Waals surface area contributed by atoms with Gasteiger partial charge in [0, 0.05) is 6.42 Å². The highest BCUT2D eigenvalue weighted by Crippen LogP contribution is 2.39. The van der Waals surface area contributed by atoms with Crippen molar-refractivity contribution in [2.45, 2.75) is 44.6 Å². The summed E-state index contributed by atoms with van der Waals surface area (Å²) in [7, 11) is 0. The molecule has 0 aromatic heterocycles. The molecule has 2 rings (SSSR count). The number of carbonyl (C=O) groups is 2. The molecule has 0 radical (unpaired) electrons. The Labute approximate surface area is 107 Å². The van der Waals surface area contributed by atoms with E-state index in [0.29, 0.717) is 12.3 Å². The lowest BCUT2D eigenvalue weighted by atomic mass is 9.92. The van der Waals surface area contributed by atoms with Crippen LogP contribution in [0.25, 0.3) is 0 Å². The SMILES string of the molecule is CC(NC(=O)CC1CCNCC1)(C(=O)O)C1CC1. The number of hydrogen-bond donors (Lipinski definition) is 3. The van der Waals surface area contributed by atoms with E-state index in [1.165, 1.54) is 0 Å². The van der Waals surface area contributed by atoms with Crippen LogP contribution in [0.1, 0.15) is 39.0 Å². The maximum absolute atomic E-state index is 12.0. The summed E-state index contributed by atoms with van der Waals surface area (Å²) in [5, 5.41) is 15.3. The van der Waals surface area contributed by atoms with E-state index >= 15 is 0 Å². The third-order valence-corrected chi connectivity index (χ3v) is 4.17. The van der Waals surface area contributed by atoms with Gasteiger partial charge in [0.05, 0.1) is 0 Å². The van der Waals surface area contributed by atoms with Crippen molar-refractivity contribution in [1.29, 1.82) is 0 Å². The number of hydrogen-bond acceptors (Lipinski definition) is 3. The molecule has 1 aliphatic heterocycles. The van der Waals surface area contributed by atoms with Gasteiger partial charge in [-0.25, -0.2) is 4.79 Å². The Kier molecular flexibility index (Phi) is 3.90. The van der Waals surface area contributed by atoms with Crippen LogP contribution in [0.15, 0.2) is 0 Å². The molecule has 2 fully saturated rings. The van der Waals surface area contributed by atoms with Gasteiger partial charge in [-0.3, -0.25) is 4.79 Å². The van der Waals surface area contributed by atoms with Crippen LogP contribution in [0.2, 0.25) is 0 Å². The lowest BCUT2D eigenvalue weighted by Gasteiger charge is -2.28. The molecule has 2 aliphatic rings. The van der Waals surface area contributed by atoms with Crippen LogP contribution in [0.5, 0.6) is 0 Å². The Morgan fingerprint density at radius 1 is 1.28 bits per heavy atom. The van der Waals surface area contributed by atoms with E-state index in [4.69, 9.17) is 0 Å². The minimum Gasteiger partial charge on any atom is -0.480 e. The summed E-state index contributed by atoms with van der Waals surface area (Å²) in [6, 6.07) is 0. The van der Waals surface area contributed by atoms with Crippen molar-refractivity contribution in [2.24, 2.45) is 11.8 Å². The van der Waals surface area contributed by atoms with E-state index in [9.17, 15) is 14.7 Å². The minimum atomic E-state index is -1.07. The molecule has 1 saturated heterocycles. The van der Waals surface area contributed by atoms with Crippen molar-refractivity contribution >= 4 is 11.9 Å². The fourth-order valence-electron chi connectivity index (χ4n) is 2.68. The first-order chi connectivity index (χ1) is 8.52. The maximum atomic E-state index is 12.0. The normalized spacial score (nSPS) is 24.3. The Morgan fingerprint density at radius 2 is 1.89 bits per heavy atom. The Balaban J connectivity index is 1.86. The highest BCUT2D eigenvalue weighted by Gasteiger charge is 2.48. The molecule has 0 aromatic carbocycles. The van der Waals surface area contributed by atoms with Crippen molar-refractivity contribution in [3.05, 3.63) is 0 Å². The Morgan fingerprint density at radius 3 is 2.39 bits per heavy atom. The number of carbonyl (C=O) groups excluding carboxylic acids is 1. The van der Waals surface area contributed by atoms with Crippen LogP contribution in [-0.4, -0.2) is 35.6 Å². The van der Waals surface area contributed by atoms with Crippen LogP contribution >= 0.6 is 0 Å². The van der Waals surface area contributed by atoms with E-state index in [-0.39, 0.29) is 11.8 Å². The van der Waals surface area contributed by atoms with Crippen LogP contribution in [0.4, 0.5) is 0 Å². The van der Waals surface area contributed by atoms with Crippen LogP contribution in [-0.2, 0) is 9.59 Å². The van der Waals surface area contributed by atoms with Crippen LogP contribution in [0, 0.1) is 11.8 Å². The minimum absolute atomic E-state index is 0.104. The predicted octanol–water partition coefficient (Wildman–Crippen LogP) is 0.746. The second kappa shape index (κ2) is 5.26. The van der Waals surface area contributed by atoms with E-state index in [1.807, 2.05) is 0 Å². The first-order valence-corrected chi connectivity index (χ1v) is 6.77. The number of rotatable bonds is 5. The van der Waals surface area contributed by atoms with Gasteiger partial charge in [-0.1, -0.05) is 0 Å². The molecule has 0 spiro atoms. The van der Waals surface area contributed by atoms with Gasteiger partial charge in [0.1, 0.15) is 5.54 Å². The van der Waals surface area contributed by atoms with Gasteiger partial charge in [-0.2, -0.15) is 0 Å². The standard InChI is InChI=1S/C13H22N2O3/c1-13(12(17)18,10-2-3-10)15-11(16)8-9-4-6-14-7-5-9/h9-10,14H,2-8H2,1H3,(H,15,16)(H,17,18). The van der Waals surface area contributed by atoms with Crippen LogP contribution < -0.4 is 10.6 Å². The summed E-state index contributed by atoms with van der Waals surface area (Å²) in [6.45, 7) is 3.54. The summed E-state index contributed by atoms with van der Waals surface area (Å²) in [4.78, 5) is 23.3. The van der Waals surface area contributed by atoms with Gasteiger partial charge in [-0.15, -0.1) is 0 Å². The lowest BCUT2D eigenvalue weighted by Crippen LogP contribution is -2.54. The molecule has 102 valence electrons. The fraction of sp³-hybridized carbons (Fsp3) is 0.846. The molecule has 5 nitrogen and oxygen atoms in total. The van der Waals surface area contributed by atoms with Crippen molar-refractivity contribution in [3.63, 3.8) is 0 Å². The number of amides is 1. The molecule has 1 saturated carbocycles. The van der Waals surface area contributed by atoms with Crippen LogP contribution in [0.3, 0.4) is 0 Å². The molecule has 1 heterocycles. The number of piperidine rings is 1. The van der Waals surface area contributed by atoms with E-state index in [2.05, 4.69) is 10.6 Å². The zero-order chi connectivity index (χ0) is 13.2. The van der Waals surface area contributed by atoms with Crippen molar-refractivity contribution in [2.75, 3.05) is 13.1 Å². The summed E-state index contributed by atoms with van der Waals surface area (Å²) in [5.74, 6) is -0.530. The Hall–Kier alpha value is -1.10. The monoisotopic (exact) mass is 254 g/mol. The molecule has 18 heavy (non-hydrogen) atoms. The Bertz CT molecular complexity index is 335. The largest absolute Gasteiger partial charge is 0.480 e. The lowest BCUT2D eigenvalue weighted by molar-refractivity contribution is -0.148. The molecule has 1 unspecified atom stereocenters. The first-order valence-electron chi connectivity index (χ1n) is 6.77. The third kappa shape index (κ3) is 3.02. The quantitative estimate of drug-likeness (QED) is 0.676. The van der Waals surface area contributed by atoms with Gasteiger partial charge in [0.2, 0.25) is 5.91 Å². The molecule has 5 heteroatoms. The second-order valence-electron chi connectivity index (χ2n) is 5.73.